The van der Waals surface area contributed by atoms with Crippen LogP contribution in [0.2, 0.25) is 0 Å². The number of hydrogen-bond acceptors (Lipinski definition) is 3. The number of para-hydroxylation sites is 1. The number of azo groups is 1. The Kier molecular flexibility index (Phi) is 4.27. The summed E-state index contributed by atoms with van der Waals surface area (Å²) in [6, 6.07) is 16.8. The summed E-state index contributed by atoms with van der Waals surface area (Å²) in [7, 11) is 2.09. The van der Waals surface area contributed by atoms with Gasteiger partial charge in [0.1, 0.15) is 0 Å². The smallest absolute Gasteiger partial charge is 0.0857 e. The Balaban J connectivity index is 1.84. The van der Waals surface area contributed by atoms with Crippen LogP contribution in [0.3, 0.4) is 0 Å². The molecule has 0 amide bonds. The molecule has 2 aromatic rings. The van der Waals surface area contributed by atoms with Crippen molar-refractivity contribution in [2.24, 2.45) is 10.2 Å². The van der Waals surface area contributed by atoms with Gasteiger partial charge in [-0.05, 0) is 35.2 Å². The Morgan fingerprint density at radius 2 is 1.67 bits per heavy atom. The van der Waals surface area contributed by atoms with Gasteiger partial charge in [0, 0.05) is 23.8 Å². The third kappa shape index (κ3) is 2.86. The van der Waals surface area contributed by atoms with E-state index < -0.39 is 0 Å². The lowest BCUT2D eigenvalue weighted by Crippen LogP contribution is -2.22. The van der Waals surface area contributed by atoms with E-state index in [1.165, 1.54) is 16.8 Å². The first-order valence-corrected chi connectivity index (χ1v) is 8.46. The molecule has 0 aromatic heterocycles. The molecule has 0 spiro atoms. The monoisotopic (exact) mass is 319 g/mol. The van der Waals surface area contributed by atoms with Crippen molar-refractivity contribution in [2.75, 3.05) is 11.9 Å². The molecule has 0 fully saturated rings. The van der Waals surface area contributed by atoms with Gasteiger partial charge < -0.3 is 4.90 Å². The van der Waals surface area contributed by atoms with Crippen molar-refractivity contribution in [2.45, 2.75) is 39.0 Å². The first-order valence-electron chi connectivity index (χ1n) is 8.46. The Bertz CT molecular complexity index is 783. The van der Waals surface area contributed by atoms with Crippen LogP contribution in [-0.2, 0) is 5.41 Å². The van der Waals surface area contributed by atoms with Gasteiger partial charge in [0.15, 0.2) is 0 Å². The molecule has 1 aliphatic heterocycles. The molecule has 3 rings (SSSR count). The minimum atomic E-state index is -0.0636. The van der Waals surface area contributed by atoms with Gasteiger partial charge >= 0.3 is 0 Å². The van der Waals surface area contributed by atoms with E-state index in [2.05, 4.69) is 86.3 Å². The molecule has 1 aliphatic rings. The van der Waals surface area contributed by atoms with E-state index >= 15 is 0 Å². The molecule has 0 radical (unpaired) electrons. The summed E-state index contributed by atoms with van der Waals surface area (Å²) in [5.74, 6) is 0.532. The average Bonchev–Trinajstić information content (AvgIpc) is 2.76. The maximum atomic E-state index is 4.35. The lowest BCUT2D eigenvalue weighted by atomic mass is 9.84. The number of allylic oxidation sites excluding steroid dienone is 1. The fraction of sp³-hybridized carbons (Fsp3) is 0.333. The average molecular weight is 319 g/mol. The zero-order valence-electron chi connectivity index (χ0n) is 15.1. The predicted molar refractivity (Wildman–Crippen MR) is 101 cm³/mol. The minimum Gasteiger partial charge on any atom is -0.346 e. The van der Waals surface area contributed by atoms with Crippen molar-refractivity contribution in [1.82, 2.24) is 0 Å². The zero-order valence-corrected chi connectivity index (χ0v) is 15.1. The standard InChI is InChI=1S/C21H25N3/c1-15(2)16-10-12-17(13-11-16)23-22-14-20-21(3,4)18-8-6-7-9-19(18)24(20)5/h6-15H,1-5H3/b20-14+,23-22?. The van der Waals surface area contributed by atoms with Crippen molar-refractivity contribution in [3.63, 3.8) is 0 Å². The van der Waals surface area contributed by atoms with Crippen molar-refractivity contribution in [1.29, 1.82) is 0 Å². The highest BCUT2D eigenvalue weighted by molar-refractivity contribution is 5.69. The zero-order chi connectivity index (χ0) is 17.3. The van der Waals surface area contributed by atoms with Gasteiger partial charge in [-0.2, -0.15) is 10.2 Å². The van der Waals surface area contributed by atoms with Crippen molar-refractivity contribution < 1.29 is 0 Å². The van der Waals surface area contributed by atoms with Crippen LogP contribution in [0.25, 0.3) is 0 Å². The van der Waals surface area contributed by atoms with Crippen molar-refractivity contribution >= 4 is 11.4 Å². The number of fused-ring (bicyclic) bond motifs is 1. The number of likely N-dealkylation sites (N-methyl/N-ethyl adjacent to an activating group) is 1. The molecular weight excluding hydrogens is 294 g/mol. The Hall–Kier alpha value is -2.42. The largest absolute Gasteiger partial charge is 0.346 e. The number of nitrogens with zero attached hydrogens (tertiary/aromatic N) is 3. The van der Waals surface area contributed by atoms with Crippen LogP contribution >= 0.6 is 0 Å². The van der Waals surface area contributed by atoms with E-state index in [0.29, 0.717) is 5.92 Å². The molecule has 24 heavy (non-hydrogen) atoms. The van der Waals surface area contributed by atoms with Gasteiger partial charge in [-0.25, -0.2) is 0 Å². The topological polar surface area (TPSA) is 28.0 Å². The Labute approximate surface area is 144 Å². The normalized spacial score (nSPS) is 17.9. The lowest BCUT2D eigenvalue weighted by molar-refractivity contribution is 0.637. The molecule has 1 heterocycles. The molecule has 0 bridgehead atoms. The second kappa shape index (κ2) is 6.23. The number of hydrogen-bond donors (Lipinski definition) is 0. The van der Waals surface area contributed by atoms with Gasteiger partial charge in [-0.3, -0.25) is 0 Å². The van der Waals surface area contributed by atoms with Crippen LogP contribution in [0.4, 0.5) is 11.4 Å². The van der Waals surface area contributed by atoms with Crippen molar-refractivity contribution in [3.8, 4) is 0 Å². The summed E-state index contributed by atoms with van der Waals surface area (Å²) in [6.07, 6.45) is 1.89. The highest BCUT2D eigenvalue weighted by atomic mass is 15.2. The van der Waals surface area contributed by atoms with E-state index in [4.69, 9.17) is 0 Å². The highest BCUT2D eigenvalue weighted by Gasteiger charge is 2.38. The third-order valence-electron chi connectivity index (χ3n) is 4.85. The van der Waals surface area contributed by atoms with Crippen molar-refractivity contribution in [3.05, 3.63) is 71.6 Å². The first kappa shape index (κ1) is 16.4. The molecular formula is C21H25N3. The van der Waals surface area contributed by atoms with E-state index in [1.54, 1.807) is 0 Å². The second-order valence-corrected chi connectivity index (χ2v) is 7.18. The summed E-state index contributed by atoms with van der Waals surface area (Å²) in [5.41, 5.74) is 5.87. The fourth-order valence-electron chi connectivity index (χ4n) is 3.31. The SMILES string of the molecule is CC(C)c1ccc(N=N/C=C2/N(C)c3ccccc3C2(C)C)cc1. The molecule has 2 aromatic carbocycles. The van der Waals surface area contributed by atoms with E-state index in [1.807, 2.05) is 18.3 Å². The molecule has 0 unspecified atom stereocenters. The summed E-state index contributed by atoms with van der Waals surface area (Å²) < 4.78 is 0. The third-order valence-corrected chi connectivity index (χ3v) is 4.85. The van der Waals surface area contributed by atoms with E-state index in [0.717, 1.165) is 11.4 Å². The maximum absolute atomic E-state index is 4.35. The van der Waals surface area contributed by atoms with Crippen LogP contribution in [0.15, 0.2) is 70.7 Å². The molecule has 124 valence electrons. The second-order valence-electron chi connectivity index (χ2n) is 7.18. The number of anilines is 1. The Morgan fingerprint density at radius 1 is 1.00 bits per heavy atom. The van der Waals surface area contributed by atoms with Crippen LogP contribution in [0.5, 0.6) is 0 Å². The molecule has 0 saturated carbocycles. The molecule has 3 heteroatoms. The van der Waals surface area contributed by atoms with Gasteiger partial charge in [-0.15, -0.1) is 0 Å². The minimum absolute atomic E-state index is 0.0636. The quantitative estimate of drug-likeness (QED) is 0.622. The lowest BCUT2D eigenvalue weighted by Gasteiger charge is -2.22. The Morgan fingerprint density at radius 3 is 2.29 bits per heavy atom. The first-order chi connectivity index (χ1) is 11.4. The van der Waals surface area contributed by atoms with Crippen LogP contribution in [-0.4, -0.2) is 7.05 Å². The summed E-state index contributed by atoms with van der Waals surface area (Å²) in [5, 5.41) is 8.70. The molecule has 0 N–H and O–H groups in total. The summed E-state index contributed by atoms with van der Waals surface area (Å²) in [6.45, 7) is 8.84. The van der Waals surface area contributed by atoms with Crippen LogP contribution in [0, 0.1) is 0 Å². The highest BCUT2D eigenvalue weighted by Crippen LogP contribution is 2.46. The number of rotatable bonds is 3. The molecule has 0 aliphatic carbocycles. The van der Waals surface area contributed by atoms with Crippen LogP contribution in [0.1, 0.15) is 44.7 Å². The van der Waals surface area contributed by atoms with E-state index in [9.17, 15) is 0 Å². The van der Waals surface area contributed by atoms with Gasteiger partial charge in [0.25, 0.3) is 0 Å². The van der Waals surface area contributed by atoms with Gasteiger partial charge in [0.2, 0.25) is 0 Å². The fourth-order valence-corrected chi connectivity index (χ4v) is 3.31. The predicted octanol–water partition coefficient (Wildman–Crippen LogP) is 6.16. The molecule has 0 atom stereocenters. The summed E-state index contributed by atoms with van der Waals surface area (Å²) >= 11 is 0. The van der Waals surface area contributed by atoms with Gasteiger partial charge in [0.05, 0.1) is 11.9 Å². The number of benzene rings is 2. The van der Waals surface area contributed by atoms with Crippen LogP contribution < -0.4 is 4.90 Å². The van der Waals surface area contributed by atoms with E-state index in [-0.39, 0.29) is 5.41 Å². The van der Waals surface area contributed by atoms with Gasteiger partial charge in [-0.1, -0.05) is 58.0 Å². The molecule has 3 nitrogen and oxygen atoms in total. The summed E-state index contributed by atoms with van der Waals surface area (Å²) in [4.78, 5) is 2.20. The maximum Gasteiger partial charge on any atom is 0.0857 e. The molecule has 0 saturated heterocycles.